The van der Waals surface area contributed by atoms with Crippen LogP contribution in [0.2, 0.25) is 0 Å². The first kappa shape index (κ1) is 23.2. The van der Waals surface area contributed by atoms with Gasteiger partial charge in [0.2, 0.25) is 0 Å². The molecule has 0 aliphatic heterocycles. The van der Waals surface area contributed by atoms with E-state index >= 15 is 0 Å². The predicted molar refractivity (Wildman–Crippen MR) is 125 cm³/mol. The average Bonchev–Trinajstić information content (AvgIpc) is 2.98. The number of hydrogen-bond donors (Lipinski definition) is 2. The molecule has 0 spiro atoms. The van der Waals surface area contributed by atoms with Gasteiger partial charge in [0.25, 0.3) is 0 Å². The van der Waals surface area contributed by atoms with Crippen LogP contribution in [0.5, 0.6) is 0 Å². The summed E-state index contributed by atoms with van der Waals surface area (Å²) in [7, 11) is 0. The molecular formula is C28H44O3. The monoisotopic (exact) mass is 428 g/mol. The zero-order chi connectivity index (χ0) is 22.8. The van der Waals surface area contributed by atoms with Gasteiger partial charge >= 0.3 is 0 Å². The summed E-state index contributed by atoms with van der Waals surface area (Å²) in [5.74, 6) is 1.60. The molecule has 0 radical (unpaired) electrons. The van der Waals surface area contributed by atoms with Crippen LogP contribution in [-0.4, -0.2) is 27.7 Å². The molecule has 3 saturated carbocycles. The minimum atomic E-state index is -0.913. The van der Waals surface area contributed by atoms with Crippen LogP contribution < -0.4 is 0 Å². The lowest BCUT2D eigenvalue weighted by atomic mass is 9.44. The van der Waals surface area contributed by atoms with Gasteiger partial charge in [-0.3, -0.25) is 4.79 Å². The summed E-state index contributed by atoms with van der Waals surface area (Å²) in [6.45, 7) is 13.0. The van der Waals surface area contributed by atoms with Crippen LogP contribution in [0.15, 0.2) is 23.8 Å². The van der Waals surface area contributed by atoms with Crippen LogP contribution in [0.4, 0.5) is 0 Å². The summed E-state index contributed by atoms with van der Waals surface area (Å²) in [6, 6.07) is 0. The second-order valence-corrected chi connectivity index (χ2v) is 12.6. The van der Waals surface area contributed by atoms with E-state index in [1.54, 1.807) is 0 Å². The Morgan fingerprint density at radius 1 is 1.29 bits per heavy atom. The third-order valence-corrected chi connectivity index (χ3v) is 9.84. The van der Waals surface area contributed by atoms with E-state index in [9.17, 15) is 15.0 Å². The molecule has 4 aliphatic carbocycles. The fourth-order valence-electron chi connectivity index (χ4n) is 8.87. The number of fused-ring (bicyclic) bond motifs is 5. The molecule has 174 valence electrons. The highest BCUT2D eigenvalue weighted by Gasteiger charge is 2.66. The summed E-state index contributed by atoms with van der Waals surface area (Å²) >= 11 is 0. The van der Waals surface area contributed by atoms with E-state index in [0.29, 0.717) is 30.5 Å². The molecule has 4 aliphatic rings. The minimum Gasteiger partial charge on any atom is -0.393 e. The maximum atomic E-state index is 13.5. The fraction of sp³-hybridized carbons (Fsp3) is 0.821. The number of aliphatic hydroxyl groups is 2. The maximum absolute atomic E-state index is 13.5. The number of carbonyl (C=O) groups is 1. The van der Waals surface area contributed by atoms with Crippen molar-refractivity contribution >= 4 is 5.78 Å². The molecule has 3 heteroatoms. The highest BCUT2D eigenvalue weighted by molar-refractivity contribution is 5.84. The molecule has 0 amide bonds. The van der Waals surface area contributed by atoms with E-state index in [-0.39, 0.29) is 34.5 Å². The van der Waals surface area contributed by atoms with Crippen molar-refractivity contribution in [3.63, 3.8) is 0 Å². The van der Waals surface area contributed by atoms with Crippen molar-refractivity contribution in [1.82, 2.24) is 0 Å². The number of aliphatic hydroxyl groups excluding tert-OH is 1. The lowest BCUT2D eigenvalue weighted by Crippen LogP contribution is -2.61. The molecule has 0 aromatic heterocycles. The second-order valence-electron chi connectivity index (χ2n) is 12.6. The first-order chi connectivity index (χ1) is 14.4. The van der Waals surface area contributed by atoms with Gasteiger partial charge in [-0.05, 0) is 86.9 Å². The summed E-state index contributed by atoms with van der Waals surface area (Å²) < 4.78 is 0. The topological polar surface area (TPSA) is 57.5 Å². The van der Waals surface area contributed by atoms with E-state index in [0.717, 1.165) is 32.1 Å². The summed E-state index contributed by atoms with van der Waals surface area (Å²) in [6.07, 6.45) is 12.6. The van der Waals surface area contributed by atoms with E-state index in [2.05, 4.69) is 52.8 Å². The Labute approximate surface area is 189 Å². The molecule has 4 rings (SSSR count). The molecule has 5 unspecified atom stereocenters. The molecule has 0 aromatic carbocycles. The lowest BCUT2D eigenvalue weighted by molar-refractivity contribution is -0.173. The quantitative estimate of drug-likeness (QED) is 0.564. The van der Waals surface area contributed by atoms with Gasteiger partial charge in [-0.1, -0.05) is 51.5 Å². The molecule has 31 heavy (non-hydrogen) atoms. The fourth-order valence-corrected chi connectivity index (χ4v) is 8.87. The minimum absolute atomic E-state index is 0.0234. The van der Waals surface area contributed by atoms with Crippen LogP contribution in [-0.2, 0) is 4.79 Å². The first-order valence-corrected chi connectivity index (χ1v) is 12.7. The Bertz CT molecular complexity index is 777. The van der Waals surface area contributed by atoms with Crippen molar-refractivity contribution in [3.05, 3.63) is 23.8 Å². The average molecular weight is 429 g/mol. The van der Waals surface area contributed by atoms with Gasteiger partial charge in [-0.2, -0.15) is 0 Å². The van der Waals surface area contributed by atoms with Gasteiger partial charge in [-0.15, -0.1) is 0 Å². The van der Waals surface area contributed by atoms with E-state index in [1.165, 1.54) is 5.57 Å². The molecule has 0 saturated heterocycles. The third-order valence-electron chi connectivity index (χ3n) is 9.84. The summed E-state index contributed by atoms with van der Waals surface area (Å²) in [5.41, 5.74) is 0.0314. The van der Waals surface area contributed by atoms with Crippen LogP contribution in [0, 0.1) is 46.3 Å². The number of allylic oxidation sites excluding steroid dienone is 3. The highest BCUT2D eigenvalue weighted by atomic mass is 16.3. The first-order valence-electron chi connectivity index (χ1n) is 12.7. The van der Waals surface area contributed by atoms with Gasteiger partial charge in [0.15, 0.2) is 0 Å². The smallest absolute Gasteiger partial charge is 0.136 e. The van der Waals surface area contributed by atoms with E-state index < -0.39 is 11.7 Å². The zero-order valence-electron chi connectivity index (χ0n) is 20.5. The Balaban J connectivity index is 1.67. The Morgan fingerprint density at radius 3 is 2.68 bits per heavy atom. The van der Waals surface area contributed by atoms with Crippen LogP contribution in [0.3, 0.4) is 0 Å². The van der Waals surface area contributed by atoms with Gasteiger partial charge < -0.3 is 10.2 Å². The van der Waals surface area contributed by atoms with Crippen LogP contribution in [0.25, 0.3) is 0 Å². The second kappa shape index (κ2) is 7.83. The molecule has 0 bridgehead atoms. The molecule has 3 fully saturated rings. The summed E-state index contributed by atoms with van der Waals surface area (Å²) in [4.78, 5) is 13.5. The molecule has 0 heterocycles. The standard InChI is InChI=1S/C28H44O3/c1-17(2)13-18(3)15-28(6,31)23-11-10-20-24-21(29)14-19-9-7-8-12-26(19,4)25(24)22(30)16-27(20,23)5/h8,12,15,17,19-20,22-25,30-31H,7,9-11,13-14,16H2,1-6H3/b18-15+/t19-,20?,22-,23?,24?,25?,26-,27-,28?/m0/s1. The van der Waals surface area contributed by atoms with Crippen molar-refractivity contribution in [3.8, 4) is 0 Å². The van der Waals surface area contributed by atoms with Crippen molar-refractivity contribution in [1.29, 1.82) is 0 Å². The van der Waals surface area contributed by atoms with Gasteiger partial charge in [-0.25, -0.2) is 0 Å². The van der Waals surface area contributed by atoms with Crippen LogP contribution >= 0.6 is 0 Å². The van der Waals surface area contributed by atoms with E-state index in [4.69, 9.17) is 0 Å². The lowest BCUT2D eigenvalue weighted by Gasteiger charge is -2.60. The van der Waals surface area contributed by atoms with Gasteiger partial charge in [0.1, 0.15) is 5.78 Å². The normalized spacial score (nSPS) is 47.0. The van der Waals surface area contributed by atoms with Crippen molar-refractivity contribution in [2.24, 2.45) is 46.3 Å². The van der Waals surface area contributed by atoms with Crippen molar-refractivity contribution in [2.75, 3.05) is 0 Å². The molecule has 3 nitrogen and oxygen atoms in total. The van der Waals surface area contributed by atoms with Crippen molar-refractivity contribution < 1.29 is 15.0 Å². The SMILES string of the molecule is C/C(=C\C(C)(O)C1CCC2C3C(=O)C[C@@H]4CCC=C[C@]4(C)C3[C@@H](O)C[C@@]21C)CC(C)C. The largest absolute Gasteiger partial charge is 0.393 e. The van der Waals surface area contributed by atoms with E-state index in [1.807, 2.05) is 6.92 Å². The number of Topliss-reactive ketones (excluding diaryl/α,β-unsaturated/α-hetero) is 1. The van der Waals surface area contributed by atoms with Gasteiger partial charge in [0, 0.05) is 18.3 Å². The number of hydrogen-bond acceptors (Lipinski definition) is 3. The number of carbonyl (C=O) groups excluding carboxylic acids is 1. The Hall–Kier alpha value is -0.930. The highest BCUT2D eigenvalue weighted by Crippen LogP contribution is 2.67. The Morgan fingerprint density at radius 2 is 2.00 bits per heavy atom. The maximum Gasteiger partial charge on any atom is 0.136 e. The van der Waals surface area contributed by atoms with Gasteiger partial charge in [0.05, 0.1) is 11.7 Å². The molecule has 0 aromatic rings. The third kappa shape index (κ3) is 3.68. The number of ketones is 1. The molecule has 9 atom stereocenters. The number of rotatable bonds is 4. The molecular weight excluding hydrogens is 384 g/mol. The van der Waals surface area contributed by atoms with Crippen molar-refractivity contribution in [2.45, 2.75) is 98.2 Å². The molecule has 2 N–H and O–H groups in total. The predicted octanol–water partition coefficient (Wildman–Crippen LogP) is 5.70. The summed E-state index contributed by atoms with van der Waals surface area (Å²) in [5, 5.41) is 23.2. The van der Waals surface area contributed by atoms with Crippen LogP contribution in [0.1, 0.15) is 86.5 Å². The Kier molecular flexibility index (Phi) is 5.87. The zero-order valence-corrected chi connectivity index (χ0v) is 20.5.